The van der Waals surface area contributed by atoms with Crippen molar-refractivity contribution in [3.8, 4) is 11.3 Å². The van der Waals surface area contributed by atoms with Gasteiger partial charge in [0.15, 0.2) is 0 Å². The van der Waals surface area contributed by atoms with Crippen LogP contribution in [0.5, 0.6) is 0 Å². The van der Waals surface area contributed by atoms with Crippen LogP contribution in [0.15, 0.2) is 47.1 Å². The second kappa shape index (κ2) is 6.18. The van der Waals surface area contributed by atoms with Crippen molar-refractivity contribution in [2.24, 2.45) is 5.73 Å². The minimum absolute atomic E-state index is 0.668. The van der Waals surface area contributed by atoms with E-state index in [9.17, 15) is 0 Å². The number of benzene rings is 1. The molecular formula is C16H15BrClN3. The Morgan fingerprint density at radius 2 is 1.90 bits per heavy atom. The molecule has 2 heterocycles. The Labute approximate surface area is 136 Å². The normalized spacial score (nSPS) is 11.2. The van der Waals surface area contributed by atoms with Crippen molar-refractivity contribution in [3.05, 3.63) is 57.8 Å². The van der Waals surface area contributed by atoms with E-state index in [4.69, 9.17) is 22.3 Å². The van der Waals surface area contributed by atoms with Gasteiger partial charge in [0.05, 0.1) is 11.4 Å². The van der Waals surface area contributed by atoms with Gasteiger partial charge in [-0.3, -0.25) is 0 Å². The van der Waals surface area contributed by atoms with Gasteiger partial charge in [-0.15, -0.1) is 0 Å². The topological polar surface area (TPSA) is 43.3 Å². The highest BCUT2D eigenvalue weighted by Crippen LogP contribution is 2.27. The van der Waals surface area contributed by atoms with Gasteiger partial charge in [-0.25, -0.2) is 4.98 Å². The molecule has 21 heavy (non-hydrogen) atoms. The molecule has 2 N–H and O–H groups in total. The van der Waals surface area contributed by atoms with Gasteiger partial charge in [-0.2, -0.15) is 0 Å². The Morgan fingerprint density at radius 3 is 2.62 bits per heavy atom. The highest BCUT2D eigenvalue weighted by Gasteiger charge is 2.13. The first kappa shape index (κ1) is 14.6. The third-order valence-corrected chi connectivity index (χ3v) is 4.14. The molecule has 1 aromatic carbocycles. The smallest absolute Gasteiger partial charge is 0.137 e. The number of halogens is 2. The van der Waals surface area contributed by atoms with Gasteiger partial charge >= 0.3 is 0 Å². The molecule has 0 aliphatic heterocycles. The average molecular weight is 365 g/mol. The lowest BCUT2D eigenvalue weighted by atomic mass is 10.1. The SMILES string of the molecule is NCCCc1c(-c2ccc(Cl)cc2)nc2ccc(Br)cn12. The first-order chi connectivity index (χ1) is 10.2. The zero-order valence-corrected chi connectivity index (χ0v) is 13.7. The number of fused-ring (bicyclic) bond motifs is 1. The molecule has 0 spiro atoms. The monoisotopic (exact) mass is 363 g/mol. The van der Waals surface area contributed by atoms with Crippen LogP contribution in [-0.4, -0.2) is 15.9 Å². The number of aryl methyl sites for hydroxylation is 1. The first-order valence-corrected chi connectivity index (χ1v) is 7.98. The van der Waals surface area contributed by atoms with Crippen molar-refractivity contribution in [1.29, 1.82) is 0 Å². The van der Waals surface area contributed by atoms with E-state index in [0.29, 0.717) is 6.54 Å². The van der Waals surface area contributed by atoms with Crippen LogP contribution >= 0.6 is 27.5 Å². The molecule has 108 valence electrons. The summed E-state index contributed by atoms with van der Waals surface area (Å²) in [6, 6.07) is 11.8. The van der Waals surface area contributed by atoms with Crippen LogP contribution < -0.4 is 5.73 Å². The van der Waals surface area contributed by atoms with Crippen molar-refractivity contribution in [1.82, 2.24) is 9.38 Å². The summed E-state index contributed by atoms with van der Waals surface area (Å²) in [5.74, 6) is 0. The molecular weight excluding hydrogens is 350 g/mol. The zero-order valence-electron chi connectivity index (χ0n) is 11.4. The third-order valence-electron chi connectivity index (χ3n) is 3.42. The molecule has 0 bridgehead atoms. The fourth-order valence-corrected chi connectivity index (χ4v) is 2.88. The number of pyridine rings is 1. The fraction of sp³-hybridized carbons (Fsp3) is 0.188. The number of rotatable bonds is 4. The number of nitrogens with two attached hydrogens (primary N) is 1. The minimum Gasteiger partial charge on any atom is -0.330 e. The summed E-state index contributed by atoms with van der Waals surface area (Å²) in [5, 5.41) is 0.730. The summed E-state index contributed by atoms with van der Waals surface area (Å²) in [5.41, 5.74) is 9.86. The number of nitrogens with zero attached hydrogens (tertiary/aromatic N) is 2. The molecule has 0 unspecified atom stereocenters. The molecule has 0 atom stereocenters. The largest absolute Gasteiger partial charge is 0.330 e. The Hall–Kier alpha value is -1.36. The van der Waals surface area contributed by atoms with E-state index in [2.05, 4.69) is 20.3 Å². The summed E-state index contributed by atoms with van der Waals surface area (Å²) < 4.78 is 3.16. The van der Waals surface area contributed by atoms with E-state index in [0.717, 1.165) is 39.2 Å². The van der Waals surface area contributed by atoms with E-state index < -0.39 is 0 Å². The van der Waals surface area contributed by atoms with Crippen LogP contribution in [0.3, 0.4) is 0 Å². The average Bonchev–Trinajstić information content (AvgIpc) is 2.83. The molecule has 0 amide bonds. The molecule has 0 saturated carbocycles. The second-order valence-corrected chi connectivity index (χ2v) is 6.23. The highest BCUT2D eigenvalue weighted by atomic mass is 79.9. The summed E-state index contributed by atoms with van der Waals surface area (Å²) >= 11 is 9.49. The van der Waals surface area contributed by atoms with Crippen LogP contribution in [0.1, 0.15) is 12.1 Å². The molecule has 0 saturated heterocycles. The van der Waals surface area contributed by atoms with Gasteiger partial charge in [-0.05, 0) is 59.6 Å². The van der Waals surface area contributed by atoms with Crippen molar-refractivity contribution in [2.75, 3.05) is 6.54 Å². The zero-order chi connectivity index (χ0) is 14.8. The maximum atomic E-state index is 5.97. The first-order valence-electron chi connectivity index (χ1n) is 6.81. The summed E-state index contributed by atoms with van der Waals surface area (Å²) in [7, 11) is 0. The minimum atomic E-state index is 0.668. The van der Waals surface area contributed by atoms with Crippen LogP contribution in [0.2, 0.25) is 5.02 Å². The fourth-order valence-electron chi connectivity index (χ4n) is 2.41. The Bertz CT molecular complexity index is 765. The Balaban J connectivity index is 2.18. The van der Waals surface area contributed by atoms with Gasteiger partial charge in [-0.1, -0.05) is 23.7 Å². The predicted molar refractivity (Wildman–Crippen MR) is 90.7 cm³/mol. The third kappa shape index (κ3) is 2.98. The standard InChI is InChI=1S/C16H15BrClN3/c17-12-5-8-15-20-16(11-3-6-13(18)7-4-11)14(2-1-9-19)21(15)10-12/h3-8,10H,1-2,9,19H2. The summed E-state index contributed by atoms with van der Waals surface area (Å²) in [4.78, 5) is 4.76. The van der Waals surface area contributed by atoms with Gasteiger partial charge in [0, 0.05) is 21.3 Å². The molecule has 0 fully saturated rings. The van der Waals surface area contributed by atoms with Crippen LogP contribution in [0, 0.1) is 0 Å². The highest BCUT2D eigenvalue weighted by molar-refractivity contribution is 9.10. The van der Waals surface area contributed by atoms with Crippen molar-refractivity contribution >= 4 is 33.2 Å². The maximum Gasteiger partial charge on any atom is 0.137 e. The Kier molecular flexibility index (Phi) is 4.29. The summed E-state index contributed by atoms with van der Waals surface area (Å²) in [6.07, 6.45) is 3.88. The molecule has 0 radical (unpaired) electrons. The van der Waals surface area contributed by atoms with Crippen LogP contribution in [0.25, 0.3) is 16.9 Å². The van der Waals surface area contributed by atoms with Crippen LogP contribution in [0.4, 0.5) is 0 Å². The van der Waals surface area contributed by atoms with Gasteiger partial charge < -0.3 is 10.1 Å². The number of imidazole rings is 1. The molecule has 3 nitrogen and oxygen atoms in total. The van der Waals surface area contributed by atoms with Crippen molar-refractivity contribution in [2.45, 2.75) is 12.8 Å². The molecule has 0 aliphatic carbocycles. The lowest BCUT2D eigenvalue weighted by Gasteiger charge is -2.05. The lowest BCUT2D eigenvalue weighted by molar-refractivity contribution is 0.803. The molecule has 0 aliphatic rings. The van der Waals surface area contributed by atoms with E-state index >= 15 is 0 Å². The molecule has 5 heteroatoms. The van der Waals surface area contributed by atoms with E-state index in [-0.39, 0.29) is 0 Å². The van der Waals surface area contributed by atoms with E-state index in [1.54, 1.807) is 0 Å². The van der Waals surface area contributed by atoms with Gasteiger partial charge in [0.2, 0.25) is 0 Å². The molecule has 3 rings (SSSR count). The number of hydrogen-bond donors (Lipinski definition) is 1. The Morgan fingerprint density at radius 1 is 1.14 bits per heavy atom. The number of aromatic nitrogens is 2. The van der Waals surface area contributed by atoms with E-state index in [1.807, 2.05) is 42.6 Å². The maximum absolute atomic E-state index is 5.97. The quantitative estimate of drug-likeness (QED) is 0.749. The number of hydrogen-bond acceptors (Lipinski definition) is 2. The summed E-state index contributed by atoms with van der Waals surface area (Å²) in [6.45, 7) is 0.668. The van der Waals surface area contributed by atoms with E-state index in [1.165, 1.54) is 5.69 Å². The lowest BCUT2D eigenvalue weighted by Crippen LogP contribution is -2.03. The van der Waals surface area contributed by atoms with Crippen molar-refractivity contribution in [3.63, 3.8) is 0 Å². The van der Waals surface area contributed by atoms with Crippen LogP contribution in [-0.2, 0) is 6.42 Å². The predicted octanol–water partition coefficient (Wildman–Crippen LogP) is 4.31. The van der Waals surface area contributed by atoms with Gasteiger partial charge in [0.1, 0.15) is 5.65 Å². The molecule has 2 aromatic heterocycles. The van der Waals surface area contributed by atoms with Crippen molar-refractivity contribution < 1.29 is 0 Å². The van der Waals surface area contributed by atoms with Gasteiger partial charge in [0.25, 0.3) is 0 Å². The molecule has 3 aromatic rings. The second-order valence-electron chi connectivity index (χ2n) is 4.88.